The molecule has 0 aliphatic rings. The van der Waals surface area contributed by atoms with Crippen molar-refractivity contribution in [3.63, 3.8) is 0 Å². The number of amides is 3. The zero-order valence-corrected chi connectivity index (χ0v) is 17.3. The first kappa shape index (κ1) is 24.3. The van der Waals surface area contributed by atoms with Crippen molar-refractivity contribution in [1.82, 2.24) is 4.98 Å². The summed E-state index contributed by atoms with van der Waals surface area (Å²) in [4.78, 5) is 37.5. The summed E-state index contributed by atoms with van der Waals surface area (Å²) in [6.45, 7) is 0. The third-order valence-corrected chi connectivity index (χ3v) is 4.80. The number of hydrogen-bond donors (Lipinski definition) is 5. The first-order chi connectivity index (χ1) is 16.0. The van der Waals surface area contributed by atoms with Crippen LogP contribution in [0.1, 0.15) is 28.0 Å². The number of aliphatic carboxylic acids is 1. The molecule has 0 atom stereocenters. The van der Waals surface area contributed by atoms with Gasteiger partial charge in [0.05, 0.1) is 11.3 Å². The van der Waals surface area contributed by atoms with Crippen LogP contribution in [0.15, 0.2) is 48.7 Å². The Labute approximate surface area is 189 Å². The van der Waals surface area contributed by atoms with Gasteiger partial charge in [0.15, 0.2) is 5.82 Å². The Balaban J connectivity index is 1.77. The van der Waals surface area contributed by atoms with E-state index in [-0.39, 0.29) is 24.2 Å². The molecule has 1 heterocycles. The maximum Gasteiger partial charge on any atom is 0.419 e. The van der Waals surface area contributed by atoms with E-state index in [4.69, 9.17) is 10.8 Å². The van der Waals surface area contributed by atoms with Crippen LogP contribution in [-0.4, -0.2) is 28.0 Å². The van der Waals surface area contributed by atoms with Gasteiger partial charge >= 0.3 is 18.2 Å². The predicted molar refractivity (Wildman–Crippen MR) is 115 cm³/mol. The molecule has 0 bridgehead atoms. The summed E-state index contributed by atoms with van der Waals surface area (Å²) >= 11 is 0. The van der Waals surface area contributed by atoms with Crippen molar-refractivity contribution in [2.75, 3.05) is 10.6 Å². The van der Waals surface area contributed by atoms with Crippen LogP contribution in [0.5, 0.6) is 0 Å². The molecule has 0 saturated carbocycles. The van der Waals surface area contributed by atoms with Crippen molar-refractivity contribution in [3.8, 4) is 11.1 Å². The quantitative estimate of drug-likeness (QED) is 0.317. The van der Waals surface area contributed by atoms with Crippen molar-refractivity contribution in [1.29, 1.82) is 0 Å². The van der Waals surface area contributed by atoms with Gasteiger partial charge in [-0.2, -0.15) is 13.2 Å². The SMILES string of the molecule is NC(=O)c1[nH]cc(CCC(=O)O)c1-c1ccc(NC(=O)Nc2cccc(C(F)(F)F)c2F)cc1. The van der Waals surface area contributed by atoms with Crippen LogP contribution in [0.4, 0.5) is 33.7 Å². The van der Waals surface area contributed by atoms with E-state index in [0.29, 0.717) is 22.8 Å². The van der Waals surface area contributed by atoms with E-state index in [1.807, 2.05) is 5.32 Å². The van der Waals surface area contributed by atoms with Crippen LogP contribution >= 0.6 is 0 Å². The Kier molecular flexibility index (Phi) is 6.89. The van der Waals surface area contributed by atoms with Gasteiger partial charge in [0.2, 0.25) is 0 Å². The van der Waals surface area contributed by atoms with Gasteiger partial charge in [-0.3, -0.25) is 9.59 Å². The van der Waals surface area contributed by atoms with Crippen LogP contribution in [0.2, 0.25) is 0 Å². The molecule has 3 rings (SSSR count). The lowest BCUT2D eigenvalue weighted by atomic mass is 9.98. The number of alkyl halides is 3. The second-order valence-corrected chi connectivity index (χ2v) is 7.14. The van der Waals surface area contributed by atoms with E-state index in [9.17, 15) is 31.9 Å². The molecular formula is C22H18F4N4O4. The highest BCUT2D eigenvalue weighted by Crippen LogP contribution is 2.34. The number of benzene rings is 2. The molecule has 8 nitrogen and oxygen atoms in total. The molecule has 34 heavy (non-hydrogen) atoms. The number of carbonyl (C=O) groups is 3. The second kappa shape index (κ2) is 9.65. The Morgan fingerprint density at radius 1 is 1.03 bits per heavy atom. The molecule has 2 aromatic carbocycles. The maximum absolute atomic E-state index is 14.1. The number of urea groups is 1. The number of rotatable bonds is 7. The van der Waals surface area contributed by atoms with E-state index in [2.05, 4.69) is 10.3 Å². The summed E-state index contributed by atoms with van der Waals surface area (Å²) in [5.41, 5.74) is 5.00. The molecule has 3 amide bonds. The number of H-pyrrole nitrogens is 1. The fraction of sp³-hybridized carbons (Fsp3) is 0.136. The molecule has 0 radical (unpaired) electrons. The summed E-state index contributed by atoms with van der Waals surface area (Å²) in [6.07, 6.45) is -3.46. The molecule has 3 aromatic rings. The monoisotopic (exact) mass is 478 g/mol. The van der Waals surface area contributed by atoms with E-state index in [0.717, 1.165) is 12.1 Å². The van der Waals surface area contributed by atoms with Crippen LogP contribution < -0.4 is 16.4 Å². The molecule has 178 valence electrons. The summed E-state index contributed by atoms with van der Waals surface area (Å²) in [5, 5.41) is 13.3. The number of carbonyl (C=O) groups excluding carboxylic acids is 2. The second-order valence-electron chi connectivity index (χ2n) is 7.14. The number of nitrogens with two attached hydrogens (primary N) is 1. The molecule has 12 heteroatoms. The minimum Gasteiger partial charge on any atom is -0.481 e. The lowest BCUT2D eigenvalue weighted by Crippen LogP contribution is -2.21. The Hall–Kier alpha value is -4.35. The van der Waals surface area contributed by atoms with Gasteiger partial charge in [0.1, 0.15) is 5.69 Å². The van der Waals surface area contributed by atoms with Gasteiger partial charge in [-0.1, -0.05) is 18.2 Å². The standard InChI is InChI=1S/C22H18F4N4O4/c23-18-14(22(24,25)26)2-1-3-15(18)30-21(34)29-13-7-4-11(5-8-13)17-12(6-9-16(31)32)10-28-19(17)20(27)33/h1-5,7-8,10,28H,6,9H2,(H2,27,33)(H,31,32)(H2,29,30,34). The topological polar surface area (TPSA) is 137 Å². The number of halogens is 4. The lowest BCUT2D eigenvalue weighted by molar-refractivity contribution is -0.140. The molecule has 6 N–H and O–H groups in total. The number of aryl methyl sites for hydroxylation is 1. The fourth-order valence-electron chi connectivity index (χ4n) is 3.28. The minimum atomic E-state index is -4.92. The number of nitrogens with one attached hydrogen (secondary N) is 3. The van der Waals surface area contributed by atoms with Gasteiger partial charge < -0.3 is 26.5 Å². The predicted octanol–water partition coefficient (Wildman–Crippen LogP) is 4.60. The Morgan fingerprint density at radius 3 is 2.29 bits per heavy atom. The first-order valence-corrected chi connectivity index (χ1v) is 9.73. The van der Waals surface area contributed by atoms with Gasteiger partial charge in [-0.05, 0) is 41.8 Å². The van der Waals surface area contributed by atoms with Crippen molar-refractivity contribution >= 4 is 29.3 Å². The van der Waals surface area contributed by atoms with E-state index < -0.39 is 41.2 Å². The molecule has 0 aliphatic carbocycles. The lowest BCUT2D eigenvalue weighted by Gasteiger charge is -2.13. The summed E-state index contributed by atoms with van der Waals surface area (Å²) in [6, 6.07) is 7.47. The molecular weight excluding hydrogens is 460 g/mol. The largest absolute Gasteiger partial charge is 0.481 e. The van der Waals surface area contributed by atoms with Gasteiger partial charge in [-0.15, -0.1) is 0 Å². The third kappa shape index (κ3) is 5.52. The zero-order valence-electron chi connectivity index (χ0n) is 17.3. The van der Waals surface area contributed by atoms with Crippen molar-refractivity contribution in [2.24, 2.45) is 5.73 Å². The smallest absolute Gasteiger partial charge is 0.419 e. The molecule has 1 aromatic heterocycles. The molecule has 0 unspecified atom stereocenters. The van der Waals surface area contributed by atoms with Gasteiger partial charge in [0, 0.05) is 23.9 Å². The molecule has 0 spiro atoms. The first-order valence-electron chi connectivity index (χ1n) is 9.73. The van der Waals surface area contributed by atoms with E-state index in [1.165, 1.54) is 30.5 Å². The van der Waals surface area contributed by atoms with E-state index >= 15 is 0 Å². The number of anilines is 2. The summed E-state index contributed by atoms with van der Waals surface area (Å²) in [7, 11) is 0. The van der Waals surface area contributed by atoms with Gasteiger partial charge in [0.25, 0.3) is 5.91 Å². The van der Waals surface area contributed by atoms with Crippen LogP contribution in [-0.2, 0) is 17.4 Å². The maximum atomic E-state index is 14.1. The Bertz CT molecular complexity index is 1240. The highest BCUT2D eigenvalue weighted by molar-refractivity contribution is 6.01. The third-order valence-electron chi connectivity index (χ3n) is 4.80. The number of aromatic amines is 1. The highest BCUT2D eigenvalue weighted by atomic mass is 19.4. The van der Waals surface area contributed by atoms with Crippen molar-refractivity contribution < 1.29 is 37.1 Å². The number of hydrogen-bond acceptors (Lipinski definition) is 3. The average molecular weight is 478 g/mol. The van der Waals surface area contributed by atoms with Crippen LogP contribution in [0.25, 0.3) is 11.1 Å². The number of primary amides is 1. The minimum absolute atomic E-state index is 0.0823. The van der Waals surface area contributed by atoms with E-state index in [1.54, 1.807) is 0 Å². The number of carboxylic acid groups (broad SMARTS) is 1. The van der Waals surface area contributed by atoms with Crippen LogP contribution in [0, 0.1) is 5.82 Å². The number of carboxylic acids is 1. The summed E-state index contributed by atoms with van der Waals surface area (Å²) in [5.74, 6) is -3.38. The molecule has 0 fully saturated rings. The zero-order chi connectivity index (χ0) is 25.0. The van der Waals surface area contributed by atoms with Crippen molar-refractivity contribution in [2.45, 2.75) is 19.0 Å². The fourth-order valence-corrected chi connectivity index (χ4v) is 3.28. The van der Waals surface area contributed by atoms with Crippen molar-refractivity contribution in [3.05, 3.63) is 71.3 Å². The van der Waals surface area contributed by atoms with Crippen LogP contribution in [0.3, 0.4) is 0 Å². The Morgan fingerprint density at radius 2 is 1.71 bits per heavy atom. The average Bonchev–Trinajstić information content (AvgIpc) is 3.18. The highest BCUT2D eigenvalue weighted by Gasteiger charge is 2.35. The normalized spacial score (nSPS) is 11.2. The number of aromatic nitrogens is 1. The van der Waals surface area contributed by atoms with Gasteiger partial charge in [-0.25, -0.2) is 9.18 Å². The summed E-state index contributed by atoms with van der Waals surface area (Å²) < 4.78 is 52.6. The molecule has 0 saturated heterocycles. The molecule has 0 aliphatic heterocycles.